The van der Waals surface area contributed by atoms with E-state index in [1.165, 1.54) is 0 Å². The van der Waals surface area contributed by atoms with Gasteiger partial charge in [0.2, 0.25) is 5.91 Å². The molecular weight excluding hydrogens is 238 g/mol. The number of benzene rings is 1. The molecule has 0 saturated heterocycles. The van der Waals surface area contributed by atoms with Gasteiger partial charge in [-0.1, -0.05) is 12.0 Å². The first-order valence-corrected chi connectivity index (χ1v) is 5.58. The first-order chi connectivity index (χ1) is 9.13. The Hall–Kier alpha value is -2.91. The highest BCUT2D eigenvalue weighted by Gasteiger charge is 2.14. The molecule has 1 heterocycles. The molecule has 0 atom stereocenters. The molecule has 2 aromatic rings. The molecule has 3 nitrogen and oxygen atoms in total. The summed E-state index contributed by atoms with van der Waals surface area (Å²) in [5.41, 5.74) is 7.85. The zero-order valence-corrected chi connectivity index (χ0v) is 10.4. The van der Waals surface area contributed by atoms with Gasteiger partial charge in [0.25, 0.3) is 0 Å². The van der Waals surface area contributed by atoms with Crippen LogP contribution in [0.25, 0.3) is 11.3 Å². The van der Waals surface area contributed by atoms with Crippen LogP contribution in [0.2, 0.25) is 0 Å². The standard InChI is InChI=1S/C16H11NO2/c1-3-4-6-12-13(15-9-11(2)10-19-15)7-5-8-14(12)16(17)18/h1,5,7-10H,2H3,(H2,17,18). The lowest BCUT2D eigenvalue weighted by Crippen LogP contribution is -2.13. The predicted molar refractivity (Wildman–Crippen MR) is 73.1 cm³/mol. The number of primary amides is 1. The maximum absolute atomic E-state index is 11.4. The Bertz CT molecular complexity index is 736. The summed E-state index contributed by atoms with van der Waals surface area (Å²) < 4.78 is 5.43. The van der Waals surface area contributed by atoms with Gasteiger partial charge in [-0.25, -0.2) is 0 Å². The van der Waals surface area contributed by atoms with E-state index in [1.807, 2.05) is 19.1 Å². The minimum atomic E-state index is -0.550. The highest BCUT2D eigenvalue weighted by atomic mass is 16.3. The maximum Gasteiger partial charge on any atom is 0.249 e. The van der Waals surface area contributed by atoms with Crippen molar-refractivity contribution in [1.29, 1.82) is 0 Å². The average molecular weight is 249 g/mol. The maximum atomic E-state index is 11.4. The Labute approximate surface area is 111 Å². The minimum Gasteiger partial charge on any atom is -0.464 e. The van der Waals surface area contributed by atoms with E-state index in [1.54, 1.807) is 18.4 Å². The number of amides is 1. The summed E-state index contributed by atoms with van der Waals surface area (Å²) >= 11 is 0. The second-order valence-electron chi connectivity index (χ2n) is 3.98. The van der Waals surface area contributed by atoms with Crippen molar-refractivity contribution in [2.75, 3.05) is 0 Å². The average Bonchev–Trinajstić information content (AvgIpc) is 2.82. The number of nitrogens with two attached hydrogens (primary N) is 1. The molecule has 1 amide bonds. The first-order valence-electron chi connectivity index (χ1n) is 5.58. The molecule has 0 aliphatic heterocycles. The van der Waals surface area contributed by atoms with E-state index in [-0.39, 0.29) is 0 Å². The third-order valence-electron chi connectivity index (χ3n) is 2.59. The summed E-state index contributed by atoms with van der Waals surface area (Å²) in [5.74, 6) is 7.58. The quantitative estimate of drug-likeness (QED) is 0.830. The van der Waals surface area contributed by atoms with Crippen LogP contribution in [0.5, 0.6) is 0 Å². The van der Waals surface area contributed by atoms with Gasteiger partial charge in [0.1, 0.15) is 5.76 Å². The van der Waals surface area contributed by atoms with Crippen molar-refractivity contribution in [3.8, 4) is 35.5 Å². The van der Waals surface area contributed by atoms with Crippen molar-refractivity contribution in [2.45, 2.75) is 6.92 Å². The Kier molecular flexibility index (Phi) is 3.41. The van der Waals surface area contributed by atoms with Gasteiger partial charge >= 0.3 is 0 Å². The lowest BCUT2D eigenvalue weighted by Gasteiger charge is -2.05. The van der Waals surface area contributed by atoms with Gasteiger partial charge in [0.05, 0.1) is 11.8 Å². The van der Waals surface area contributed by atoms with Crippen LogP contribution in [0, 0.1) is 31.1 Å². The van der Waals surface area contributed by atoms with Crippen LogP contribution in [0.3, 0.4) is 0 Å². The number of hydrogen-bond acceptors (Lipinski definition) is 2. The number of terminal acetylenes is 1. The van der Waals surface area contributed by atoms with Crippen LogP contribution in [0.4, 0.5) is 0 Å². The number of hydrogen-bond donors (Lipinski definition) is 1. The molecule has 0 aliphatic carbocycles. The first kappa shape index (κ1) is 12.5. The van der Waals surface area contributed by atoms with E-state index in [0.717, 1.165) is 5.56 Å². The monoisotopic (exact) mass is 249 g/mol. The van der Waals surface area contributed by atoms with Crippen molar-refractivity contribution in [2.24, 2.45) is 5.73 Å². The van der Waals surface area contributed by atoms with Gasteiger partial charge in [0.15, 0.2) is 0 Å². The van der Waals surface area contributed by atoms with E-state index >= 15 is 0 Å². The number of carbonyl (C=O) groups is 1. The highest BCUT2D eigenvalue weighted by molar-refractivity contribution is 5.97. The molecule has 0 aliphatic rings. The number of aryl methyl sites for hydroxylation is 1. The van der Waals surface area contributed by atoms with Crippen LogP contribution in [0.15, 0.2) is 34.9 Å². The summed E-state index contributed by atoms with van der Waals surface area (Å²) in [6.07, 6.45) is 6.76. The molecule has 0 bridgehead atoms. The summed E-state index contributed by atoms with van der Waals surface area (Å²) in [6.45, 7) is 1.91. The van der Waals surface area contributed by atoms with Crippen molar-refractivity contribution in [3.05, 3.63) is 47.2 Å². The van der Waals surface area contributed by atoms with Gasteiger partial charge in [-0.3, -0.25) is 4.79 Å². The van der Waals surface area contributed by atoms with Gasteiger partial charge in [-0.15, -0.1) is 6.42 Å². The largest absolute Gasteiger partial charge is 0.464 e. The van der Waals surface area contributed by atoms with Crippen LogP contribution < -0.4 is 5.73 Å². The molecule has 0 spiro atoms. The summed E-state index contributed by atoms with van der Waals surface area (Å²) in [4.78, 5) is 11.4. The van der Waals surface area contributed by atoms with Crippen molar-refractivity contribution in [3.63, 3.8) is 0 Å². The van der Waals surface area contributed by atoms with Gasteiger partial charge in [-0.05, 0) is 42.5 Å². The zero-order valence-electron chi connectivity index (χ0n) is 10.4. The van der Waals surface area contributed by atoms with E-state index < -0.39 is 5.91 Å². The lowest BCUT2D eigenvalue weighted by atomic mass is 9.99. The van der Waals surface area contributed by atoms with E-state index in [9.17, 15) is 4.79 Å². The fraction of sp³-hybridized carbons (Fsp3) is 0.0625. The smallest absolute Gasteiger partial charge is 0.249 e. The normalized spacial score (nSPS) is 9.26. The number of rotatable bonds is 2. The highest BCUT2D eigenvalue weighted by Crippen LogP contribution is 2.27. The Morgan fingerprint density at radius 1 is 1.42 bits per heavy atom. The van der Waals surface area contributed by atoms with Gasteiger partial charge in [-0.2, -0.15) is 0 Å². The topological polar surface area (TPSA) is 56.2 Å². The molecule has 0 saturated carbocycles. The molecule has 0 unspecified atom stereocenters. The van der Waals surface area contributed by atoms with Crippen LogP contribution in [0.1, 0.15) is 21.5 Å². The van der Waals surface area contributed by atoms with Crippen molar-refractivity contribution >= 4 is 5.91 Å². The van der Waals surface area contributed by atoms with Crippen molar-refractivity contribution in [1.82, 2.24) is 0 Å². The second kappa shape index (κ2) is 5.16. The van der Waals surface area contributed by atoms with E-state index in [4.69, 9.17) is 16.6 Å². The molecule has 1 aromatic carbocycles. The van der Waals surface area contributed by atoms with Crippen LogP contribution >= 0.6 is 0 Å². The van der Waals surface area contributed by atoms with Crippen molar-refractivity contribution < 1.29 is 9.21 Å². The Morgan fingerprint density at radius 2 is 2.21 bits per heavy atom. The molecule has 19 heavy (non-hydrogen) atoms. The number of furan rings is 1. The lowest BCUT2D eigenvalue weighted by molar-refractivity contribution is 0.1000. The molecule has 2 N–H and O–H groups in total. The summed E-state index contributed by atoms with van der Waals surface area (Å²) in [5, 5.41) is 0. The fourth-order valence-electron chi connectivity index (χ4n) is 1.77. The number of carbonyl (C=O) groups excluding carboxylic acids is 1. The second-order valence-corrected chi connectivity index (χ2v) is 3.98. The third-order valence-corrected chi connectivity index (χ3v) is 2.59. The Balaban J connectivity index is 2.70. The molecule has 1 aromatic heterocycles. The summed E-state index contributed by atoms with van der Waals surface area (Å²) in [6, 6.07) is 7.02. The molecule has 0 radical (unpaired) electrons. The zero-order chi connectivity index (χ0) is 13.8. The molecule has 3 heteroatoms. The SMILES string of the molecule is C#CC#Cc1c(C(N)=O)cccc1-c1cc(C)co1. The fourth-order valence-corrected chi connectivity index (χ4v) is 1.77. The third kappa shape index (κ3) is 2.51. The van der Waals surface area contributed by atoms with Gasteiger partial charge < -0.3 is 10.2 Å². The molecule has 2 rings (SSSR count). The molecule has 92 valence electrons. The molecule has 0 fully saturated rings. The molecular formula is C16H11NO2. The van der Waals surface area contributed by atoms with Gasteiger partial charge in [0, 0.05) is 11.1 Å². The summed E-state index contributed by atoms with van der Waals surface area (Å²) in [7, 11) is 0. The van der Waals surface area contributed by atoms with E-state index in [2.05, 4.69) is 17.8 Å². The predicted octanol–water partition coefficient (Wildman–Crippen LogP) is 2.34. The van der Waals surface area contributed by atoms with Crippen LogP contribution in [-0.4, -0.2) is 5.91 Å². The minimum absolute atomic E-state index is 0.328. The Morgan fingerprint density at radius 3 is 2.79 bits per heavy atom. The van der Waals surface area contributed by atoms with E-state index in [0.29, 0.717) is 22.5 Å². The van der Waals surface area contributed by atoms with Crippen LogP contribution in [-0.2, 0) is 0 Å².